The fraction of sp³-hybridized carbons (Fsp3) is 0.421. The first-order valence-corrected chi connectivity index (χ1v) is 8.70. The van der Waals surface area contributed by atoms with Crippen molar-refractivity contribution >= 4 is 12.0 Å². The van der Waals surface area contributed by atoms with Crippen molar-refractivity contribution in [3.63, 3.8) is 0 Å². The molecule has 0 spiro atoms. The normalized spacial score (nSPS) is 19.6. The van der Waals surface area contributed by atoms with Crippen LogP contribution in [0.4, 0.5) is 0 Å². The summed E-state index contributed by atoms with van der Waals surface area (Å²) in [6, 6.07) is 7.62. The summed E-state index contributed by atoms with van der Waals surface area (Å²) >= 11 is 0. The zero-order chi connectivity index (χ0) is 17.4. The first kappa shape index (κ1) is 15.9. The third kappa shape index (κ3) is 2.92. The van der Waals surface area contributed by atoms with Crippen molar-refractivity contribution in [3.8, 4) is 5.75 Å². The summed E-state index contributed by atoms with van der Waals surface area (Å²) < 4.78 is 11.0. The minimum atomic E-state index is -0.123. The van der Waals surface area contributed by atoms with E-state index in [-0.39, 0.29) is 17.9 Å². The molecule has 1 atom stereocenters. The van der Waals surface area contributed by atoms with Crippen LogP contribution in [0.25, 0.3) is 6.08 Å². The monoisotopic (exact) mass is 339 g/mol. The number of hydrogen-bond acceptors (Lipinski definition) is 5. The number of fused-ring (bicyclic) bond motifs is 1. The quantitative estimate of drug-likeness (QED) is 0.858. The second-order valence-electron chi connectivity index (χ2n) is 6.80. The molecule has 2 aliphatic heterocycles. The first-order chi connectivity index (χ1) is 12.1. The number of nitrogens with zero attached hydrogens (tertiary/aromatic N) is 3. The lowest BCUT2D eigenvalue weighted by molar-refractivity contribution is -0.128. The van der Waals surface area contributed by atoms with E-state index in [4.69, 9.17) is 9.26 Å². The molecule has 1 saturated heterocycles. The van der Waals surface area contributed by atoms with Crippen molar-refractivity contribution in [3.05, 3.63) is 47.1 Å². The van der Waals surface area contributed by atoms with Crippen LogP contribution in [0.1, 0.15) is 55.9 Å². The molecule has 1 aromatic heterocycles. The van der Waals surface area contributed by atoms with Crippen molar-refractivity contribution in [2.45, 2.75) is 38.6 Å². The van der Waals surface area contributed by atoms with E-state index in [0.717, 1.165) is 24.2 Å². The van der Waals surface area contributed by atoms with Crippen molar-refractivity contribution in [2.24, 2.45) is 0 Å². The van der Waals surface area contributed by atoms with Gasteiger partial charge in [-0.3, -0.25) is 4.79 Å². The Balaban J connectivity index is 1.58. The molecule has 0 saturated carbocycles. The van der Waals surface area contributed by atoms with Crippen LogP contribution in [0.15, 0.2) is 34.4 Å². The summed E-state index contributed by atoms with van der Waals surface area (Å²) in [6.07, 6.45) is 3.71. The van der Waals surface area contributed by atoms with E-state index in [1.54, 1.807) is 0 Å². The summed E-state index contributed by atoms with van der Waals surface area (Å²) in [5.74, 6) is 2.21. The molecule has 130 valence electrons. The number of amides is 1. The second-order valence-corrected chi connectivity index (χ2v) is 6.80. The standard InChI is InChI=1S/C19H21N3O3/c1-12(2)18-20-17(21-25-18)15-7-5-9-22(15)19(23)14-10-13-6-3-4-8-16(13)24-11-14/h3-4,6,8,10,12,15H,5,7,9,11H2,1-2H3/t15-/m0/s1. The number of carbonyl (C=O) groups is 1. The maximum Gasteiger partial charge on any atom is 0.253 e. The average Bonchev–Trinajstić information content (AvgIpc) is 3.29. The number of rotatable bonds is 3. The van der Waals surface area contributed by atoms with Gasteiger partial charge >= 0.3 is 0 Å². The van der Waals surface area contributed by atoms with Gasteiger partial charge in [-0.1, -0.05) is 37.2 Å². The van der Waals surface area contributed by atoms with E-state index >= 15 is 0 Å². The van der Waals surface area contributed by atoms with Crippen LogP contribution in [0.2, 0.25) is 0 Å². The molecule has 1 fully saturated rings. The Labute approximate surface area is 146 Å². The molecule has 4 rings (SSSR count). The molecule has 0 aliphatic carbocycles. The number of likely N-dealkylation sites (tertiary alicyclic amines) is 1. The van der Waals surface area contributed by atoms with Crippen LogP contribution < -0.4 is 4.74 Å². The summed E-state index contributed by atoms with van der Waals surface area (Å²) in [5, 5.41) is 4.10. The molecule has 6 heteroatoms. The Morgan fingerprint density at radius 3 is 2.96 bits per heavy atom. The molecule has 3 heterocycles. The summed E-state index contributed by atoms with van der Waals surface area (Å²) in [5.41, 5.74) is 1.60. The van der Waals surface area contributed by atoms with E-state index < -0.39 is 0 Å². The predicted octanol–water partition coefficient (Wildman–Crippen LogP) is 3.33. The van der Waals surface area contributed by atoms with Gasteiger partial charge in [-0.25, -0.2) is 0 Å². The zero-order valence-electron chi connectivity index (χ0n) is 14.4. The highest BCUT2D eigenvalue weighted by atomic mass is 16.5. The Morgan fingerprint density at radius 2 is 2.16 bits per heavy atom. The van der Waals surface area contributed by atoms with Gasteiger partial charge in [0.05, 0.1) is 11.6 Å². The van der Waals surface area contributed by atoms with Gasteiger partial charge in [-0.15, -0.1) is 0 Å². The maximum absolute atomic E-state index is 13.0. The number of carbonyl (C=O) groups excluding carboxylic acids is 1. The predicted molar refractivity (Wildman–Crippen MR) is 92.0 cm³/mol. The summed E-state index contributed by atoms with van der Waals surface area (Å²) in [7, 11) is 0. The van der Waals surface area contributed by atoms with Crippen LogP contribution in [-0.4, -0.2) is 34.1 Å². The third-order valence-corrected chi connectivity index (χ3v) is 4.67. The van der Waals surface area contributed by atoms with Gasteiger partial charge in [0.25, 0.3) is 5.91 Å². The van der Waals surface area contributed by atoms with E-state index in [9.17, 15) is 4.79 Å². The minimum absolute atomic E-state index is 0.00657. The van der Waals surface area contributed by atoms with E-state index in [2.05, 4.69) is 10.1 Å². The highest BCUT2D eigenvalue weighted by Crippen LogP contribution is 2.34. The third-order valence-electron chi connectivity index (χ3n) is 4.67. The van der Waals surface area contributed by atoms with Crippen molar-refractivity contribution < 1.29 is 14.1 Å². The smallest absolute Gasteiger partial charge is 0.253 e. The molecule has 2 aromatic rings. The molecule has 25 heavy (non-hydrogen) atoms. The van der Waals surface area contributed by atoms with Crippen LogP contribution in [-0.2, 0) is 4.79 Å². The highest BCUT2D eigenvalue weighted by Gasteiger charge is 2.35. The molecule has 0 radical (unpaired) electrons. The molecule has 0 unspecified atom stereocenters. The number of hydrogen-bond donors (Lipinski definition) is 0. The number of para-hydroxylation sites is 1. The molecule has 0 bridgehead atoms. The average molecular weight is 339 g/mol. The van der Waals surface area contributed by atoms with Crippen molar-refractivity contribution in [1.82, 2.24) is 15.0 Å². The number of aromatic nitrogens is 2. The Kier molecular flexibility index (Phi) is 4.03. The van der Waals surface area contributed by atoms with Crippen molar-refractivity contribution in [1.29, 1.82) is 0 Å². The SMILES string of the molecule is CC(C)c1nc([C@@H]2CCCN2C(=O)C2=Cc3ccccc3OC2)no1. The fourth-order valence-corrected chi connectivity index (χ4v) is 3.32. The highest BCUT2D eigenvalue weighted by molar-refractivity contribution is 5.99. The maximum atomic E-state index is 13.0. The lowest BCUT2D eigenvalue weighted by Crippen LogP contribution is -2.34. The Bertz CT molecular complexity index is 825. The van der Waals surface area contributed by atoms with Gasteiger partial charge in [0.1, 0.15) is 12.4 Å². The number of ether oxygens (including phenoxy) is 1. The Morgan fingerprint density at radius 1 is 1.32 bits per heavy atom. The molecule has 1 aromatic carbocycles. The van der Waals surface area contributed by atoms with Crippen molar-refractivity contribution in [2.75, 3.05) is 13.2 Å². The second kappa shape index (κ2) is 6.35. The lowest BCUT2D eigenvalue weighted by atomic mass is 10.1. The summed E-state index contributed by atoms with van der Waals surface area (Å²) in [6.45, 7) is 5.02. The van der Waals surface area contributed by atoms with Crippen LogP contribution >= 0.6 is 0 Å². The molecule has 1 amide bonds. The van der Waals surface area contributed by atoms with Gasteiger partial charge in [0, 0.05) is 18.0 Å². The van der Waals surface area contributed by atoms with Gasteiger partial charge < -0.3 is 14.2 Å². The lowest BCUT2D eigenvalue weighted by Gasteiger charge is -2.25. The van der Waals surface area contributed by atoms with Gasteiger partial charge in [-0.2, -0.15) is 4.98 Å². The van der Waals surface area contributed by atoms with E-state index in [1.165, 1.54) is 0 Å². The molecule has 0 N–H and O–H groups in total. The molecule has 6 nitrogen and oxygen atoms in total. The van der Waals surface area contributed by atoms with Crippen LogP contribution in [0.5, 0.6) is 5.75 Å². The van der Waals surface area contributed by atoms with Crippen LogP contribution in [0, 0.1) is 0 Å². The largest absolute Gasteiger partial charge is 0.488 e. The molecular weight excluding hydrogens is 318 g/mol. The van der Waals surface area contributed by atoms with Gasteiger partial charge in [0.2, 0.25) is 5.89 Å². The topological polar surface area (TPSA) is 68.5 Å². The first-order valence-electron chi connectivity index (χ1n) is 8.70. The molecular formula is C19H21N3O3. The summed E-state index contributed by atoms with van der Waals surface area (Å²) in [4.78, 5) is 19.4. The Hall–Kier alpha value is -2.63. The molecule has 2 aliphatic rings. The van der Waals surface area contributed by atoms with E-state index in [1.807, 2.05) is 49.1 Å². The number of benzene rings is 1. The van der Waals surface area contributed by atoms with Gasteiger partial charge in [0.15, 0.2) is 5.82 Å². The van der Waals surface area contributed by atoms with E-state index in [0.29, 0.717) is 30.4 Å². The zero-order valence-corrected chi connectivity index (χ0v) is 14.4. The fourth-order valence-electron chi connectivity index (χ4n) is 3.32. The van der Waals surface area contributed by atoms with Gasteiger partial charge in [-0.05, 0) is 25.0 Å². The van der Waals surface area contributed by atoms with Crippen LogP contribution in [0.3, 0.4) is 0 Å². The minimum Gasteiger partial charge on any atom is -0.488 e.